The minimum absolute atomic E-state index is 0.0182. The minimum atomic E-state index is -0.0182. The minimum Gasteiger partial charge on any atom is -0.497 e. The molecule has 0 aromatic heterocycles. The number of nitriles is 1. The van der Waals surface area contributed by atoms with E-state index in [4.69, 9.17) is 9.73 Å². The Labute approximate surface area is 154 Å². The molecule has 1 spiro atoms. The number of methoxy groups -OCH3 is 1. The predicted molar refractivity (Wildman–Crippen MR) is 104 cm³/mol. The van der Waals surface area contributed by atoms with E-state index >= 15 is 0 Å². The Morgan fingerprint density at radius 1 is 1.08 bits per heavy atom. The van der Waals surface area contributed by atoms with Crippen molar-refractivity contribution in [3.05, 3.63) is 70.8 Å². The highest BCUT2D eigenvalue weighted by molar-refractivity contribution is 5.88. The first-order valence-electron chi connectivity index (χ1n) is 9.17. The number of hydrogen-bond acceptors (Lipinski definition) is 3. The van der Waals surface area contributed by atoms with Gasteiger partial charge in [0.2, 0.25) is 0 Å². The topological polar surface area (TPSA) is 45.4 Å². The molecular formula is C23H22N2O. The number of ether oxygens (including phenoxy) is 1. The van der Waals surface area contributed by atoms with E-state index in [2.05, 4.69) is 24.3 Å². The van der Waals surface area contributed by atoms with Crippen molar-refractivity contribution in [3.63, 3.8) is 0 Å². The Morgan fingerprint density at radius 3 is 2.50 bits per heavy atom. The van der Waals surface area contributed by atoms with Gasteiger partial charge in [-0.05, 0) is 54.7 Å². The van der Waals surface area contributed by atoms with E-state index < -0.39 is 0 Å². The Balaban J connectivity index is 1.80. The van der Waals surface area contributed by atoms with Crippen LogP contribution in [0.5, 0.6) is 5.75 Å². The van der Waals surface area contributed by atoms with Gasteiger partial charge in [0.05, 0.1) is 24.4 Å². The second-order valence-electron chi connectivity index (χ2n) is 7.19. The van der Waals surface area contributed by atoms with Crippen LogP contribution in [0.15, 0.2) is 59.1 Å². The van der Waals surface area contributed by atoms with Gasteiger partial charge in [0.15, 0.2) is 0 Å². The standard InChI is InChI=1S/C23H22N2O/c1-26-19-10-8-17(9-11-19)16-25-22-20-7-3-2-6-18(20)14-23(21(22)15-24)12-4-5-13-23/h2-3,6-11,16H,4-5,12-14H2,1H3. The second-order valence-corrected chi connectivity index (χ2v) is 7.19. The van der Waals surface area contributed by atoms with Crippen LogP contribution in [0, 0.1) is 16.7 Å². The van der Waals surface area contributed by atoms with Gasteiger partial charge in [0.1, 0.15) is 5.75 Å². The summed E-state index contributed by atoms with van der Waals surface area (Å²) in [4.78, 5) is 4.81. The summed E-state index contributed by atoms with van der Waals surface area (Å²) in [7, 11) is 1.66. The quantitative estimate of drug-likeness (QED) is 0.723. The highest BCUT2D eigenvalue weighted by Crippen LogP contribution is 2.52. The average molecular weight is 342 g/mol. The molecule has 2 aromatic rings. The Kier molecular flexibility index (Phi) is 4.34. The molecule has 2 aliphatic carbocycles. The van der Waals surface area contributed by atoms with Crippen molar-refractivity contribution in [1.29, 1.82) is 5.26 Å². The summed E-state index contributed by atoms with van der Waals surface area (Å²) in [6, 6.07) is 18.7. The van der Waals surface area contributed by atoms with Crippen molar-refractivity contribution in [3.8, 4) is 11.8 Å². The summed E-state index contributed by atoms with van der Waals surface area (Å²) in [6.45, 7) is 0. The SMILES string of the molecule is COc1ccc(C=NC2=C(C#N)C3(CCCC3)Cc3ccccc32)cc1. The van der Waals surface area contributed by atoms with E-state index in [1.54, 1.807) is 7.11 Å². The number of aliphatic imine (C=N–C) groups is 1. The van der Waals surface area contributed by atoms with Crippen molar-refractivity contribution in [2.75, 3.05) is 7.11 Å². The largest absolute Gasteiger partial charge is 0.497 e. The number of benzene rings is 2. The van der Waals surface area contributed by atoms with E-state index in [9.17, 15) is 5.26 Å². The fourth-order valence-corrected chi connectivity index (χ4v) is 4.36. The molecule has 0 atom stereocenters. The van der Waals surface area contributed by atoms with Gasteiger partial charge in [-0.2, -0.15) is 5.26 Å². The van der Waals surface area contributed by atoms with Gasteiger partial charge in [-0.15, -0.1) is 0 Å². The third kappa shape index (κ3) is 2.82. The van der Waals surface area contributed by atoms with Crippen LogP contribution in [-0.2, 0) is 6.42 Å². The van der Waals surface area contributed by atoms with Crippen LogP contribution in [0.4, 0.5) is 0 Å². The van der Waals surface area contributed by atoms with Crippen LogP contribution in [0.2, 0.25) is 0 Å². The Morgan fingerprint density at radius 2 is 1.81 bits per heavy atom. The van der Waals surface area contributed by atoms with Crippen LogP contribution in [0.3, 0.4) is 0 Å². The second kappa shape index (κ2) is 6.80. The Hall–Kier alpha value is -2.86. The molecule has 26 heavy (non-hydrogen) atoms. The molecule has 1 fully saturated rings. The molecule has 0 bridgehead atoms. The predicted octanol–water partition coefficient (Wildman–Crippen LogP) is 5.17. The fraction of sp³-hybridized carbons (Fsp3) is 0.304. The first-order chi connectivity index (χ1) is 12.8. The van der Waals surface area contributed by atoms with Crippen molar-refractivity contribution in [2.45, 2.75) is 32.1 Å². The zero-order valence-electron chi connectivity index (χ0n) is 15.0. The van der Waals surface area contributed by atoms with Crippen LogP contribution in [0.25, 0.3) is 5.70 Å². The normalized spacial score (nSPS) is 18.2. The highest BCUT2D eigenvalue weighted by Gasteiger charge is 2.43. The van der Waals surface area contributed by atoms with E-state index in [0.717, 1.165) is 47.4 Å². The Bertz CT molecular complexity index is 910. The first-order valence-corrected chi connectivity index (χ1v) is 9.17. The molecule has 0 N–H and O–H groups in total. The molecule has 130 valence electrons. The molecule has 0 unspecified atom stereocenters. The lowest BCUT2D eigenvalue weighted by molar-refractivity contribution is 0.371. The number of nitrogens with zero attached hydrogens (tertiary/aromatic N) is 2. The monoisotopic (exact) mass is 342 g/mol. The highest BCUT2D eigenvalue weighted by atomic mass is 16.5. The smallest absolute Gasteiger partial charge is 0.118 e. The van der Waals surface area contributed by atoms with E-state index in [1.807, 2.05) is 36.5 Å². The molecule has 2 aromatic carbocycles. The van der Waals surface area contributed by atoms with E-state index in [0.29, 0.717) is 0 Å². The zero-order valence-corrected chi connectivity index (χ0v) is 15.0. The third-order valence-corrected chi connectivity index (χ3v) is 5.70. The van der Waals surface area contributed by atoms with E-state index in [-0.39, 0.29) is 5.41 Å². The maximum Gasteiger partial charge on any atom is 0.118 e. The summed E-state index contributed by atoms with van der Waals surface area (Å²) in [5, 5.41) is 9.98. The van der Waals surface area contributed by atoms with Crippen molar-refractivity contribution < 1.29 is 4.74 Å². The molecule has 0 aliphatic heterocycles. The summed E-state index contributed by atoms with van der Waals surface area (Å²) >= 11 is 0. The number of allylic oxidation sites excluding steroid dienone is 1. The van der Waals surface area contributed by atoms with Crippen molar-refractivity contribution in [2.24, 2.45) is 10.4 Å². The third-order valence-electron chi connectivity index (χ3n) is 5.70. The van der Waals surface area contributed by atoms with Gasteiger partial charge in [-0.1, -0.05) is 37.1 Å². The number of hydrogen-bond donors (Lipinski definition) is 0. The number of fused-ring (bicyclic) bond motifs is 1. The molecular weight excluding hydrogens is 320 g/mol. The van der Waals surface area contributed by atoms with Crippen LogP contribution >= 0.6 is 0 Å². The summed E-state index contributed by atoms with van der Waals surface area (Å²) in [5.74, 6) is 0.826. The maximum atomic E-state index is 9.98. The molecule has 3 heteroatoms. The van der Waals surface area contributed by atoms with Gasteiger partial charge in [-0.25, -0.2) is 0 Å². The van der Waals surface area contributed by atoms with Crippen molar-refractivity contribution >= 4 is 11.9 Å². The summed E-state index contributed by atoms with van der Waals surface area (Å²) < 4.78 is 5.21. The van der Waals surface area contributed by atoms with Crippen LogP contribution < -0.4 is 4.74 Å². The van der Waals surface area contributed by atoms with Gasteiger partial charge in [0, 0.05) is 17.2 Å². The van der Waals surface area contributed by atoms with Gasteiger partial charge in [0.25, 0.3) is 0 Å². The molecule has 0 saturated heterocycles. The van der Waals surface area contributed by atoms with E-state index in [1.165, 1.54) is 18.4 Å². The van der Waals surface area contributed by atoms with Gasteiger partial charge < -0.3 is 4.74 Å². The average Bonchev–Trinajstić information content (AvgIpc) is 3.14. The molecule has 1 saturated carbocycles. The zero-order chi connectivity index (χ0) is 18.0. The number of rotatable bonds is 3. The van der Waals surface area contributed by atoms with Crippen molar-refractivity contribution in [1.82, 2.24) is 0 Å². The lowest BCUT2D eigenvalue weighted by Crippen LogP contribution is -2.27. The molecule has 0 radical (unpaired) electrons. The van der Waals surface area contributed by atoms with Crippen LogP contribution in [-0.4, -0.2) is 13.3 Å². The molecule has 2 aliphatic rings. The fourth-order valence-electron chi connectivity index (χ4n) is 4.36. The van der Waals surface area contributed by atoms with Gasteiger partial charge >= 0.3 is 0 Å². The first kappa shape index (κ1) is 16.6. The molecule has 4 rings (SSSR count). The molecule has 3 nitrogen and oxygen atoms in total. The maximum absolute atomic E-state index is 9.98. The van der Waals surface area contributed by atoms with Crippen LogP contribution in [0.1, 0.15) is 42.4 Å². The molecule has 0 heterocycles. The molecule has 0 amide bonds. The van der Waals surface area contributed by atoms with Gasteiger partial charge in [-0.3, -0.25) is 4.99 Å². The lowest BCUT2D eigenvalue weighted by atomic mass is 9.68. The summed E-state index contributed by atoms with van der Waals surface area (Å²) in [5.41, 5.74) is 5.13. The summed E-state index contributed by atoms with van der Waals surface area (Å²) in [6.07, 6.45) is 7.40. The lowest BCUT2D eigenvalue weighted by Gasteiger charge is -2.34.